The number of alkyl halides is 1. The first-order chi connectivity index (χ1) is 8.20. The highest BCUT2D eigenvalue weighted by Crippen LogP contribution is 2.32. The average molecular weight is 236 g/mol. The van der Waals surface area contributed by atoms with Gasteiger partial charge in [0.05, 0.1) is 0 Å². The fourth-order valence-electron chi connectivity index (χ4n) is 2.57. The van der Waals surface area contributed by atoms with Crippen LogP contribution in [0, 0.1) is 5.92 Å². The van der Waals surface area contributed by atoms with E-state index in [0.717, 1.165) is 37.1 Å². The molecule has 0 aliphatic carbocycles. The Morgan fingerprint density at radius 3 is 3.00 bits per heavy atom. The molecule has 0 amide bonds. The summed E-state index contributed by atoms with van der Waals surface area (Å²) >= 11 is 0. The van der Waals surface area contributed by atoms with Crippen molar-refractivity contribution >= 4 is 0 Å². The van der Waals surface area contributed by atoms with E-state index in [2.05, 4.69) is 11.9 Å². The van der Waals surface area contributed by atoms with Crippen molar-refractivity contribution in [1.82, 2.24) is 4.90 Å². The SMILES string of the molecule is CN1CCC(C(F)c2cccc(CCN)c2)C1. The summed E-state index contributed by atoms with van der Waals surface area (Å²) in [6, 6.07) is 7.81. The van der Waals surface area contributed by atoms with Gasteiger partial charge in [0.25, 0.3) is 0 Å². The van der Waals surface area contributed by atoms with Crippen molar-refractivity contribution in [3.8, 4) is 0 Å². The second-order valence-corrected chi connectivity index (χ2v) is 5.00. The van der Waals surface area contributed by atoms with E-state index in [4.69, 9.17) is 5.73 Å². The van der Waals surface area contributed by atoms with Gasteiger partial charge in [0, 0.05) is 12.5 Å². The molecule has 17 heavy (non-hydrogen) atoms. The lowest BCUT2D eigenvalue weighted by atomic mass is 9.95. The maximum absolute atomic E-state index is 14.4. The maximum atomic E-state index is 14.4. The third-order valence-corrected chi connectivity index (χ3v) is 3.54. The molecule has 1 aliphatic heterocycles. The van der Waals surface area contributed by atoms with Gasteiger partial charge in [-0.1, -0.05) is 24.3 Å². The molecule has 2 rings (SSSR count). The van der Waals surface area contributed by atoms with Crippen LogP contribution in [0.3, 0.4) is 0 Å². The number of nitrogens with zero attached hydrogens (tertiary/aromatic N) is 1. The predicted molar refractivity (Wildman–Crippen MR) is 68.7 cm³/mol. The quantitative estimate of drug-likeness (QED) is 0.868. The molecule has 2 atom stereocenters. The minimum atomic E-state index is -0.835. The first kappa shape index (κ1) is 12.5. The van der Waals surface area contributed by atoms with E-state index in [-0.39, 0.29) is 5.92 Å². The van der Waals surface area contributed by atoms with E-state index in [1.54, 1.807) is 0 Å². The monoisotopic (exact) mass is 236 g/mol. The first-order valence-electron chi connectivity index (χ1n) is 6.32. The number of benzene rings is 1. The summed E-state index contributed by atoms with van der Waals surface area (Å²) in [6.45, 7) is 2.49. The molecule has 1 aromatic carbocycles. The fraction of sp³-hybridized carbons (Fsp3) is 0.571. The predicted octanol–water partition coefficient (Wildman–Crippen LogP) is 2.15. The van der Waals surface area contributed by atoms with Gasteiger partial charge in [-0.2, -0.15) is 0 Å². The normalized spacial score (nSPS) is 22.9. The van der Waals surface area contributed by atoms with Crippen LogP contribution >= 0.6 is 0 Å². The van der Waals surface area contributed by atoms with Crippen LogP contribution in [0.25, 0.3) is 0 Å². The Bertz CT molecular complexity index is 367. The lowest BCUT2D eigenvalue weighted by Gasteiger charge is -2.16. The van der Waals surface area contributed by atoms with Gasteiger partial charge in [-0.3, -0.25) is 0 Å². The molecule has 0 saturated carbocycles. The lowest BCUT2D eigenvalue weighted by molar-refractivity contribution is 0.232. The highest BCUT2D eigenvalue weighted by molar-refractivity contribution is 5.26. The molecule has 0 radical (unpaired) electrons. The average Bonchev–Trinajstić information content (AvgIpc) is 2.76. The number of rotatable bonds is 4. The molecule has 1 aromatic rings. The van der Waals surface area contributed by atoms with Gasteiger partial charge in [0.1, 0.15) is 6.17 Å². The van der Waals surface area contributed by atoms with Crippen molar-refractivity contribution in [3.05, 3.63) is 35.4 Å². The topological polar surface area (TPSA) is 29.3 Å². The third kappa shape index (κ3) is 3.05. The van der Waals surface area contributed by atoms with E-state index >= 15 is 0 Å². The van der Waals surface area contributed by atoms with Gasteiger partial charge < -0.3 is 10.6 Å². The van der Waals surface area contributed by atoms with E-state index in [9.17, 15) is 4.39 Å². The number of likely N-dealkylation sites (tertiary alicyclic amines) is 1. The minimum absolute atomic E-state index is 0.146. The Labute approximate surface area is 103 Å². The molecule has 1 aliphatic rings. The van der Waals surface area contributed by atoms with Crippen molar-refractivity contribution in [1.29, 1.82) is 0 Å². The summed E-state index contributed by atoms with van der Waals surface area (Å²) in [6.07, 6.45) is 0.946. The molecule has 94 valence electrons. The van der Waals surface area contributed by atoms with Crippen LogP contribution in [-0.2, 0) is 6.42 Å². The van der Waals surface area contributed by atoms with E-state index in [0.29, 0.717) is 6.54 Å². The second kappa shape index (κ2) is 5.61. The highest BCUT2D eigenvalue weighted by atomic mass is 19.1. The standard InChI is InChI=1S/C14H21FN2/c1-17-8-6-13(10-17)14(15)12-4-2-3-11(9-12)5-7-16/h2-4,9,13-14H,5-8,10,16H2,1H3. The van der Waals surface area contributed by atoms with Crippen LogP contribution < -0.4 is 5.73 Å². The molecule has 0 aromatic heterocycles. The third-order valence-electron chi connectivity index (χ3n) is 3.54. The summed E-state index contributed by atoms with van der Waals surface area (Å²) in [5.41, 5.74) is 7.48. The van der Waals surface area contributed by atoms with Crippen LogP contribution in [0.15, 0.2) is 24.3 Å². The number of hydrogen-bond acceptors (Lipinski definition) is 2. The number of hydrogen-bond donors (Lipinski definition) is 1. The highest BCUT2D eigenvalue weighted by Gasteiger charge is 2.28. The molecule has 3 heteroatoms. The zero-order chi connectivity index (χ0) is 12.3. The Balaban J connectivity index is 2.07. The molecule has 1 saturated heterocycles. The van der Waals surface area contributed by atoms with Crippen LogP contribution in [0.4, 0.5) is 4.39 Å². The molecule has 1 heterocycles. The Kier molecular flexibility index (Phi) is 4.13. The van der Waals surface area contributed by atoms with Gasteiger partial charge in [-0.15, -0.1) is 0 Å². The Morgan fingerprint density at radius 2 is 2.35 bits per heavy atom. The lowest BCUT2D eigenvalue weighted by Crippen LogP contribution is -2.16. The molecular weight excluding hydrogens is 215 g/mol. The van der Waals surface area contributed by atoms with Crippen molar-refractivity contribution in [2.45, 2.75) is 19.0 Å². The summed E-state index contributed by atoms with van der Waals surface area (Å²) in [7, 11) is 2.05. The fourth-order valence-corrected chi connectivity index (χ4v) is 2.57. The minimum Gasteiger partial charge on any atom is -0.330 e. The molecule has 0 bridgehead atoms. The van der Waals surface area contributed by atoms with Gasteiger partial charge >= 0.3 is 0 Å². The Morgan fingerprint density at radius 1 is 1.53 bits per heavy atom. The number of halogens is 1. The van der Waals surface area contributed by atoms with Crippen molar-refractivity contribution < 1.29 is 4.39 Å². The molecule has 1 fully saturated rings. The van der Waals surface area contributed by atoms with E-state index in [1.165, 1.54) is 0 Å². The van der Waals surface area contributed by atoms with Crippen LogP contribution in [0.5, 0.6) is 0 Å². The summed E-state index contributed by atoms with van der Waals surface area (Å²) in [5, 5.41) is 0. The molecular formula is C14H21FN2. The molecule has 2 N–H and O–H groups in total. The first-order valence-corrected chi connectivity index (χ1v) is 6.32. The summed E-state index contributed by atoms with van der Waals surface area (Å²) in [4.78, 5) is 2.20. The van der Waals surface area contributed by atoms with Gasteiger partial charge in [-0.25, -0.2) is 4.39 Å². The van der Waals surface area contributed by atoms with Gasteiger partial charge in [0.15, 0.2) is 0 Å². The largest absolute Gasteiger partial charge is 0.330 e. The second-order valence-electron chi connectivity index (χ2n) is 5.00. The summed E-state index contributed by atoms with van der Waals surface area (Å²) < 4.78 is 14.4. The van der Waals surface area contributed by atoms with Crippen molar-refractivity contribution in [2.75, 3.05) is 26.7 Å². The molecule has 0 spiro atoms. The smallest absolute Gasteiger partial charge is 0.129 e. The van der Waals surface area contributed by atoms with E-state index < -0.39 is 6.17 Å². The molecule has 2 unspecified atom stereocenters. The zero-order valence-corrected chi connectivity index (χ0v) is 10.4. The van der Waals surface area contributed by atoms with Gasteiger partial charge in [0.2, 0.25) is 0 Å². The summed E-state index contributed by atoms with van der Waals surface area (Å²) in [5.74, 6) is 0.146. The number of nitrogens with two attached hydrogens (primary N) is 1. The van der Waals surface area contributed by atoms with E-state index in [1.807, 2.05) is 24.3 Å². The maximum Gasteiger partial charge on any atom is 0.129 e. The van der Waals surface area contributed by atoms with Crippen LogP contribution in [0.1, 0.15) is 23.7 Å². The Hall–Kier alpha value is -0.930. The van der Waals surface area contributed by atoms with Crippen LogP contribution in [0.2, 0.25) is 0 Å². The van der Waals surface area contributed by atoms with Crippen molar-refractivity contribution in [2.24, 2.45) is 11.7 Å². The van der Waals surface area contributed by atoms with Gasteiger partial charge in [-0.05, 0) is 44.1 Å². The molecule has 2 nitrogen and oxygen atoms in total. The van der Waals surface area contributed by atoms with Crippen LogP contribution in [-0.4, -0.2) is 31.6 Å². The van der Waals surface area contributed by atoms with Crippen molar-refractivity contribution in [3.63, 3.8) is 0 Å². The zero-order valence-electron chi connectivity index (χ0n) is 10.4.